The molecule has 3 heteroatoms. The van der Waals surface area contributed by atoms with E-state index in [0.717, 1.165) is 32.2 Å². The van der Waals surface area contributed by atoms with Gasteiger partial charge in [0.05, 0.1) is 0 Å². The molecule has 0 aromatic rings. The molecule has 0 aromatic carbocycles. The zero-order chi connectivity index (χ0) is 14.6. The first-order valence-corrected chi connectivity index (χ1v) is 8.79. The molecule has 1 saturated heterocycles. The molecule has 1 aliphatic rings. The Morgan fingerprint density at radius 2 is 1.75 bits per heavy atom. The molecule has 1 unspecified atom stereocenters. The summed E-state index contributed by atoms with van der Waals surface area (Å²) in [6, 6.07) is 0.301. The van der Waals surface area contributed by atoms with Crippen molar-refractivity contribution in [2.75, 3.05) is 13.1 Å². The van der Waals surface area contributed by atoms with E-state index in [1.54, 1.807) is 0 Å². The highest BCUT2D eigenvalue weighted by Gasteiger charge is 2.23. The van der Waals surface area contributed by atoms with Crippen LogP contribution in [-0.4, -0.2) is 29.9 Å². The molecule has 0 aliphatic carbocycles. The van der Waals surface area contributed by atoms with Crippen LogP contribution in [0.25, 0.3) is 0 Å². The first kappa shape index (κ1) is 17.5. The van der Waals surface area contributed by atoms with Crippen LogP contribution in [0.5, 0.6) is 0 Å². The Morgan fingerprint density at radius 3 is 2.45 bits per heavy atom. The van der Waals surface area contributed by atoms with Crippen molar-refractivity contribution in [3.8, 4) is 0 Å². The second kappa shape index (κ2) is 11.1. The van der Waals surface area contributed by atoms with Crippen LogP contribution >= 0.6 is 0 Å². The maximum atomic E-state index is 12.3. The Bertz CT molecular complexity index is 255. The molecule has 0 bridgehead atoms. The second-order valence-corrected chi connectivity index (χ2v) is 6.20. The van der Waals surface area contributed by atoms with Gasteiger partial charge in [0.1, 0.15) is 0 Å². The molecule has 1 atom stereocenters. The number of unbranched alkanes of at least 4 members (excludes halogenated alkanes) is 6. The summed E-state index contributed by atoms with van der Waals surface area (Å²) >= 11 is 0. The summed E-state index contributed by atoms with van der Waals surface area (Å²) in [5.41, 5.74) is 5.83. The number of nitrogens with zero attached hydrogens (tertiary/aromatic N) is 1. The maximum Gasteiger partial charge on any atom is 0.222 e. The largest absolute Gasteiger partial charge is 0.338 e. The Kier molecular flexibility index (Phi) is 9.73. The molecule has 2 N–H and O–H groups in total. The van der Waals surface area contributed by atoms with E-state index in [1.165, 1.54) is 51.4 Å². The van der Waals surface area contributed by atoms with E-state index in [-0.39, 0.29) is 0 Å². The van der Waals surface area contributed by atoms with Gasteiger partial charge in [0, 0.05) is 25.6 Å². The van der Waals surface area contributed by atoms with Gasteiger partial charge in [-0.05, 0) is 19.3 Å². The number of nitrogens with two attached hydrogens (primary N) is 1. The van der Waals surface area contributed by atoms with Crippen LogP contribution in [0, 0.1) is 0 Å². The van der Waals surface area contributed by atoms with Gasteiger partial charge in [0.25, 0.3) is 0 Å². The summed E-state index contributed by atoms with van der Waals surface area (Å²) in [6.07, 6.45) is 14.3. The highest BCUT2D eigenvalue weighted by atomic mass is 16.2. The van der Waals surface area contributed by atoms with E-state index in [9.17, 15) is 4.79 Å². The van der Waals surface area contributed by atoms with Crippen molar-refractivity contribution in [3.63, 3.8) is 0 Å². The van der Waals surface area contributed by atoms with E-state index in [2.05, 4.69) is 11.8 Å². The highest BCUT2D eigenvalue weighted by molar-refractivity contribution is 5.76. The van der Waals surface area contributed by atoms with Gasteiger partial charge in [-0.3, -0.25) is 4.79 Å². The summed E-state index contributed by atoms with van der Waals surface area (Å²) < 4.78 is 0. The molecule has 1 amide bonds. The minimum Gasteiger partial charge on any atom is -0.338 e. The predicted octanol–water partition coefficient (Wildman–Crippen LogP) is 3.86. The fraction of sp³-hybridized carbons (Fsp3) is 0.941. The Labute approximate surface area is 125 Å². The van der Waals surface area contributed by atoms with Gasteiger partial charge < -0.3 is 10.6 Å². The van der Waals surface area contributed by atoms with Crippen LogP contribution in [0.4, 0.5) is 0 Å². The van der Waals surface area contributed by atoms with Gasteiger partial charge in [-0.1, -0.05) is 58.3 Å². The standard InChI is InChI=1S/C17H34N2O/c1-2-3-4-5-6-7-10-13-17(20)19-14-11-8-9-12-16(19)15-18/h16H,2-15,18H2,1H3. The van der Waals surface area contributed by atoms with Crippen LogP contribution in [-0.2, 0) is 4.79 Å². The minimum atomic E-state index is 0.301. The van der Waals surface area contributed by atoms with Crippen molar-refractivity contribution in [1.29, 1.82) is 0 Å². The molecule has 20 heavy (non-hydrogen) atoms. The SMILES string of the molecule is CCCCCCCCCC(=O)N1CCCCCC1CN. The molecule has 1 heterocycles. The summed E-state index contributed by atoms with van der Waals surface area (Å²) in [5, 5.41) is 0. The average molecular weight is 282 g/mol. The van der Waals surface area contributed by atoms with Gasteiger partial charge in [0.2, 0.25) is 5.91 Å². The first-order valence-electron chi connectivity index (χ1n) is 8.79. The van der Waals surface area contributed by atoms with Gasteiger partial charge in [0.15, 0.2) is 0 Å². The van der Waals surface area contributed by atoms with Crippen LogP contribution < -0.4 is 5.73 Å². The number of carbonyl (C=O) groups excluding carboxylic acids is 1. The summed E-state index contributed by atoms with van der Waals surface area (Å²) in [7, 11) is 0. The fourth-order valence-corrected chi connectivity index (χ4v) is 3.13. The van der Waals surface area contributed by atoms with E-state index in [1.807, 2.05) is 0 Å². The van der Waals surface area contributed by atoms with Crippen molar-refractivity contribution in [2.24, 2.45) is 5.73 Å². The zero-order valence-corrected chi connectivity index (χ0v) is 13.4. The molecule has 118 valence electrons. The molecule has 3 nitrogen and oxygen atoms in total. The molecule has 0 aromatic heterocycles. The van der Waals surface area contributed by atoms with E-state index in [0.29, 0.717) is 18.5 Å². The third-order valence-electron chi connectivity index (χ3n) is 4.46. The summed E-state index contributed by atoms with van der Waals surface area (Å²) in [5.74, 6) is 0.343. The van der Waals surface area contributed by atoms with Crippen LogP contribution in [0.15, 0.2) is 0 Å². The lowest BCUT2D eigenvalue weighted by molar-refractivity contribution is -0.133. The quantitative estimate of drug-likeness (QED) is 0.653. The fourth-order valence-electron chi connectivity index (χ4n) is 3.13. The Balaban J connectivity index is 2.16. The van der Waals surface area contributed by atoms with E-state index in [4.69, 9.17) is 5.73 Å². The smallest absolute Gasteiger partial charge is 0.222 e. The van der Waals surface area contributed by atoms with Crippen molar-refractivity contribution in [1.82, 2.24) is 4.90 Å². The van der Waals surface area contributed by atoms with Crippen LogP contribution in [0.2, 0.25) is 0 Å². The predicted molar refractivity (Wildman–Crippen MR) is 85.6 cm³/mol. The zero-order valence-electron chi connectivity index (χ0n) is 13.4. The number of likely N-dealkylation sites (tertiary alicyclic amines) is 1. The number of carbonyl (C=O) groups is 1. The summed E-state index contributed by atoms with van der Waals surface area (Å²) in [4.78, 5) is 14.4. The van der Waals surface area contributed by atoms with Gasteiger partial charge in [-0.25, -0.2) is 0 Å². The maximum absolute atomic E-state index is 12.3. The Hall–Kier alpha value is -0.570. The van der Waals surface area contributed by atoms with E-state index < -0.39 is 0 Å². The van der Waals surface area contributed by atoms with Crippen molar-refractivity contribution in [2.45, 2.75) is 90.0 Å². The van der Waals surface area contributed by atoms with Crippen LogP contribution in [0.3, 0.4) is 0 Å². The third kappa shape index (κ3) is 6.74. The van der Waals surface area contributed by atoms with Crippen molar-refractivity contribution in [3.05, 3.63) is 0 Å². The molecular weight excluding hydrogens is 248 g/mol. The number of amides is 1. The molecule has 0 radical (unpaired) electrons. The normalized spacial score (nSPS) is 19.9. The lowest BCUT2D eigenvalue weighted by Crippen LogP contribution is -2.44. The number of hydrogen-bond acceptors (Lipinski definition) is 2. The molecule has 1 fully saturated rings. The third-order valence-corrected chi connectivity index (χ3v) is 4.46. The first-order chi connectivity index (χ1) is 9.79. The lowest BCUT2D eigenvalue weighted by atomic mass is 10.1. The van der Waals surface area contributed by atoms with E-state index >= 15 is 0 Å². The molecule has 0 spiro atoms. The van der Waals surface area contributed by atoms with Crippen LogP contribution in [0.1, 0.15) is 84.0 Å². The van der Waals surface area contributed by atoms with Crippen molar-refractivity contribution < 1.29 is 4.79 Å². The minimum absolute atomic E-state index is 0.301. The summed E-state index contributed by atoms with van der Waals surface area (Å²) in [6.45, 7) is 3.80. The molecular formula is C17H34N2O. The molecule has 1 rings (SSSR count). The molecule has 0 saturated carbocycles. The topological polar surface area (TPSA) is 46.3 Å². The monoisotopic (exact) mass is 282 g/mol. The number of hydrogen-bond donors (Lipinski definition) is 1. The second-order valence-electron chi connectivity index (χ2n) is 6.20. The average Bonchev–Trinajstić information content (AvgIpc) is 2.71. The Morgan fingerprint density at radius 1 is 1.05 bits per heavy atom. The van der Waals surface area contributed by atoms with Gasteiger partial charge in [-0.15, -0.1) is 0 Å². The highest BCUT2D eigenvalue weighted by Crippen LogP contribution is 2.18. The van der Waals surface area contributed by atoms with Gasteiger partial charge >= 0.3 is 0 Å². The van der Waals surface area contributed by atoms with Crippen molar-refractivity contribution >= 4 is 5.91 Å². The van der Waals surface area contributed by atoms with Gasteiger partial charge in [-0.2, -0.15) is 0 Å². The number of rotatable bonds is 9. The molecule has 1 aliphatic heterocycles. The lowest BCUT2D eigenvalue weighted by Gasteiger charge is -2.29.